The minimum Gasteiger partial charge on any atom is -0.482 e. The molecule has 132 valence electrons. The van der Waals surface area contributed by atoms with Crippen LogP contribution in [0, 0.1) is 0 Å². The summed E-state index contributed by atoms with van der Waals surface area (Å²) in [5, 5.41) is 0.398. The van der Waals surface area contributed by atoms with Crippen molar-refractivity contribution in [3.05, 3.63) is 58.0 Å². The summed E-state index contributed by atoms with van der Waals surface area (Å²) in [6.45, 7) is 1.29. The Morgan fingerprint density at radius 2 is 1.92 bits per heavy atom. The summed E-state index contributed by atoms with van der Waals surface area (Å²) in [6.07, 6.45) is -0.793. The first-order valence-electron chi connectivity index (χ1n) is 7.34. The van der Waals surface area contributed by atoms with Gasteiger partial charge in [0.1, 0.15) is 11.5 Å². The van der Waals surface area contributed by atoms with Crippen molar-refractivity contribution >= 4 is 39.3 Å². The van der Waals surface area contributed by atoms with Gasteiger partial charge in [0.25, 0.3) is 11.8 Å². The van der Waals surface area contributed by atoms with Crippen molar-refractivity contribution < 1.29 is 19.1 Å². The third kappa shape index (κ3) is 6.28. The maximum absolute atomic E-state index is 11.9. The average Bonchev–Trinajstić information content (AvgIpc) is 2.59. The van der Waals surface area contributed by atoms with Gasteiger partial charge in [-0.2, -0.15) is 0 Å². The first-order chi connectivity index (χ1) is 12.0. The normalized spacial score (nSPS) is 11.3. The first kappa shape index (κ1) is 19.1. The van der Waals surface area contributed by atoms with E-state index >= 15 is 0 Å². The minimum absolute atomic E-state index is 0.287. The van der Waals surface area contributed by atoms with Gasteiger partial charge < -0.3 is 9.47 Å². The summed E-state index contributed by atoms with van der Waals surface area (Å²) >= 11 is 9.24. The van der Waals surface area contributed by atoms with Crippen LogP contribution < -0.4 is 20.3 Å². The summed E-state index contributed by atoms with van der Waals surface area (Å²) < 4.78 is 11.6. The van der Waals surface area contributed by atoms with Crippen LogP contribution in [-0.4, -0.2) is 24.5 Å². The highest BCUT2D eigenvalue weighted by molar-refractivity contribution is 9.10. The Morgan fingerprint density at radius 1 is 1.16 bits per heavy atom. The predicted molar refractivity (Wildman–Crippen MR) is 97.5 cm³/mol. The lowest BCUT2D eigenvalue weighted by molar-refractivity contribution is -0.133. The number of nitrogens with one attached hydrogen (secondary N) is 2. The van der Waals surface area contributed by atoms with Crippen molar-refractivity contribution in [2.45, 2.75) is 13.0 Å². The van der Waals surface area contributed by atoms with E-state index in [1.807, 2.05) is 6.07 Å². The quantitative estimate of drug-likeness (QED) is 0.695. The topological polar surface area (TPSA) is 76.7 Å². The Morgan fingerprint density at radius 3 is 2.64 bits per heavy atom. The second-order valence-electron chi connectivity index (χ2n) is 4.97. The lowest BCUT2D eigenvalue weighted by Gasteiger charge is -2.15. The summed E-state index contributed by atoms with van der Waals surface area (Å²) in [6, 6.07) is 13.9. The van der Waals surface area contributed by atoms with Crippen LogP contribution in [0.3, 0.4) is 0 Å². The Hall–Kier alpha value is -2.25. The molecule has 2 aromatic carbocycles. The molecule has 2 amide bonds. The molecule has 0 fully saturated rings. The molecule has 2 rings (SSSR count). The summed E-state index contributed by atoms with van der Waals surface area (Å²) in [5.41, 5.74) is 4.53. The lowest BCUT2D eigenvalue weighted by Crippen LogP contribution is -2.48. The van der Waals surface area contributed by atoms with Gasteiger partial charge in [-0.15, -0.1) is 0 Å². The van der Waals surface area contributed by atoms with E-state index in [4.69, 9.17) is 21.1 Å². The molecule has 0 aliphatic carbocycles. The second-order valence-corrected chi connectivity index (χ2v) is 6.30. The number of ether oxygens (including phenoxy) is 2. The van der Waals surface area contributed by atoms with Gasteiger partial charge in [0.05, 0.1) is 5.02 Å². The van der Waals surface area contributed by atoms with Gasteiger partial charge in [0, 0.05) is 4.47 Å². The van der Waals surface area contributed by atoms with E-state index < -0.39 is 17.9 Å². The van der Waals surface area contributed by atoms with Crippen LogP contribution in [0.15, 0.2) is 53.0 Å². The van der Waals surface area contributed by atoms with Crippen LogP contribution in [0.1, 0.15) is 6.92 Å². The molecule has 0 aliphatic rings. The molecule has 1 atom stereocenters. The first-order valence-corrected chi connectivity index (χ1v) is 8.51. The van der Waals surface area contributed by atoms with Crippen molar-refractivity contribution in [3.63, 3.8) is 0 Å². The van der Waals surface area contributed by atoms with Crippen LogP contribution in [0.25, 0.3) is 0 Å². The van der Waals surface area contributed by atoms with Gasteiger partial charge in [-0.1, -0.05) is 45.7 Å². The number of hydrogen-bond donors (Lipinski definition) is 2. The van der Waals surface area contributed by atoms with Crippen LogP contribution in [0.5, 0.6) is 11.5 Å². The van der Waals surface area contributed by atoms with E-state index in [2.05, 4.69) is 26.8 Å². The molecule has 0 heterocycles. The third-order valence-corrected chi connectivity index (χ3v) is 3.80. The second kappa shape index (κ2) is 9.29. The SMILES string of the molecule is CC(Oc1cccc(Br)c1)C(=O)NNC(=O)COc1ccccc1Cl. The van der Waals surface area contributed by atoms with Gasteiger partial charge in [0.15, 0.2) is 12.7 Å². The van der Waals surface area contributed by atoms with Gasteiger partial charge in [-0.25, -0.2) is 0 Å². The third-order valence-electron chi connectivity index (χ3n) is 3.00. The fraction of sp³-hybridized carbons (Fsp3) is 0.176. The number of para-hydroxylation sites is 1. The van der Waals surface area contributed by atoms with Crippen LogP contribution in [-0.2, 0) is 9.59 Å². The zero-order chi connectivity index (χ0) is 18.2. The average molecular weight is 428 g/mol. The summed E-state index contributed by atoms with van der Waals surface area (Å²) in [5.74, 6) is -0.101. The number of amides is 2. The highest BCUT2D eigenvalue weighted by Crippen LogP contribution is 2.22. The molecule has 0 aromatic heterocycles. The van der Waals surface area contributed by atoms with Gasteiger partial charge >= 0.3 is 0 Å². The van der Waals surface area contributed by atoms with Crippen LogP contribution >= 0.6 is 27.5 Å². The number of hydrazine groups is 1. The van der Waals surface area contributed by atoms with E-state index in [0.29, 0.717) is 16.5 Å². The van der Waals surface area contributed by atoms with Crippen molar-refractivity contribution in [2.24, 2.45) is 0 Å². The molecule has 0 saturated carbocycles. The Bertz CT molecular complexity index is 757. The zero-order valence-corrected chi connectivity index (χ0v) is 15.6. The van der Waals surface area contributed by atoms with Gasteiger partial charge in [0.2, 0.25) is 0 Å². The van der Waals surface area contributed by atoms with E-state index in [-0.39, 0.29) is 6.61 Å². The summed E-state index contributed by atoms with van der Waals surface area (Å²) in [7, 11) is 0. The number of hydrogen-bond acceptors (Lipinski definition) is 4. The smallest absolute Gasteiger partial charge is 0.279 e. The number of benzene rings is 2. The summed E-state index contributed by atoms with van der Waals surface area (Å²) in [4.78, 5) is 23.7. The van der Waals surface area contributed by atoms with E-state index in [1.165, 1.54) is 0 Å². The molecule has 6 nitrogen and oxygen atoms in total. The molecule has 1 unspecified atom stereocenters. The highest BCUT2D eigenvalue weighted by Gasteiger charge is 2.15. The van der Waals surface area contributed by atoms with Gasteiger partial charge in [-0.3, -0.25) is 20.4 Å². The minimum atomic E-state index is -0.793. The maximum atomic E-state index is 11.9. The molecule has 2 N–H and O–H groups in total. The Balaban J connectivity index is 1.75. The van der Waals surface area contributed by atoms with Crippen molar-refractivity contribution in [3.8, 4) is 11.5 Å². The fourth-order valence-electron chi connectivity index (χ4n) is 1.77. The maximum Gasteiger partial charge on any atom is 0.279 e. The predicted octanol–water partition coefficient (Wildman–Crippen LogP) is 3.10. The van der Waals surface area contributed by atoms with Crippen molar-refractivity contribution in [1.82, 2.24) is 10.9 Å². The molecular formula is C17H16BrClN2O4. The molecule has 0 radical (unpaired) electrons. The number of carbonyl (C=O) groups excluding carboxylic acids is 2. The molecule has 0 spiro atoms. The molecule has 0 bridgehead atoms. The van der Waals surface area contributed by atoms with Crippen molar-refractivity contribution in [1.29, 1.82) is 0 Å². The van der Waals surface area contributed by atoms with Crippen LogP contribution in [0.2, 0.25) is 5.02 Å². The monoisotopic (exact) mass is 426 g/mol. The molecule has 25 heavy (non-hydrogen) atoms. The number of carbonyl (C=O) groups is 2. The largest absolute Gasteiger partial charge is 0.482 e. The molecule has 2 aromatic rings. The standard InChI is InChI=1S/C17H16BrClN2O4/c1-11(25-13-6-4-5-12(18)9-13)17(23)21-20-16(22)10-24-15-8-3-2-7-14(15)19/h2-9,11H,10H2,1H3,(H,20,22)(H,21,23). The molecule has 0 saturated heterocycles. The Kier molecular flexibility index (Phi) is 7.09. The number of rotatable bonds is 6. The molecule has 0 aliphatic heterocycles. The molecule has 8 heteroatoms. The molecular weight excluding hydrogens is 412 g/mol. The highest BCUT2D eigenvalue weighted by atomic mass is 79.9. The van der Waals surface area contributed by atoms with Gasteiger partial charge in [-0.05, 0) is 37.3 Å². The van der Waals surface area contributed by atoms with E-state index in [1.54, 1.807) is 49.4 Å². The van der Waals surface area contributed by atoms with Crippen LogP contribution in [0.4, 0.5) is 0 Å². The number of halogens is 2. The van der Waals surface area contributed by atoms with Crippen molar-refractivity contribution in [2.75, 3.05) is 6.61 Å². The zero-order valence-electron chi connectivity index (χ0n) is 13.3. The fourth-order valence-corrected chi connectivity index (χ4v) is 2.34. The van der Waals surface area contributed by atoms with E-state index in [9.17, 15) is 9.59 Å². The lowest BCUT2D eigenvalue weighted by atomic mass is 10.3. The van der Waals surface area contributed by atoms with E-state index in [0.717, 1.165) is 4.47 Å². The Labute approximate surface area is 158 Å².